The number of imidazole rings is 1. The Morgan fingerprint density at radius 3 is 2.58 bits per heavy atom. The average Bonchev–Trinajstić information content (AvgIpc) is 3.02. The molecular formula is C17H18FN5O3. The molecule has 136 valence electrons. The SMILES string of the molecule is OC[C@H](O)Cn1cnc2c(N3CC(O)(c4ccc(F)cc4)C3)ncnc21. The van der Waals surface area contributed by atoms with Crippen LogP contribution < -0.4 is 4.90 Å². The van der Waals surface area contributed by atoms with Gasteiger partial charge in [0.05, 0.1) is 38.7 Å². The van der Waals surface area contributed by atoms with Gasteiger partial charge in [0.15, 0.2) is 17.0 Å². The van der Waals surface area contributed by atoms with E-state index in [4.69, 9.17) is 5.11 Å². The molecule has 1 fully saturated rings. The number of rotatable bonds is 5. The molecule has 1 aromatic carbocycles. The lowest BCUT2D eigenvalue weighted by Gasteiger charge is -2.47. The van der Waals surface area contributed by atoms with Crippen molar-refractivity contribution in [2.75, 3.05) is 24.6 Å². The molecule has 1 atom stereocenters. The van der Waals surface area contributed by atoms with Crippen molar-refractivity contribution in [3.8, 4) is 0 Å². The summed E-state index contributed by atoms with van der Waals surface area (Å²) < 4.78 is 14.7. The quantitative estimate of drug-likeness (QED) is 0.590. The molecule has 3 aromatic rings. The van der Waals surface area contributed by atoms with Gasteiger partial charge in [-0.25, -0.2) is 19.3 Å². The predicted octanol–water partition coefficient (Wildman–Crippen LogP) is 0.0264. The molecule has 26 heavy (non-hydrogen) atoms. The van der Waals surface area contributed by atoms with E-state index in [1.165, 1.54) is 24.8 Å². The topological polar surface area (TPSA) is 108 Å². The van der Waals surface area contributed by atoms with Crippen LogP contribution in [0.25, 0.3) is 11.2 Å². The summed E-state index contributed by atoms with van der Waals surface area (Å²) in [5.74, 6) is 0.237. The van der Waals surface area contributed by atoms with Crippen LogP contribution >= 0.6 is 0 Å². The van der Waals surface area contributed by atoms with Crippen LogP contribution in [0.3, 0.4) is 0 Å². The highest BCUT2D eigenvalue weighted by molar-refractivity contribution is 5.84. The third kappa shape index (κ3) is 2.79. The predicted molar refractivity (Wildman–Crippen MR) is 90.9 cm³/mol. The van der Waals surface area contributed by atoms with Crippen molar-refractivity contribution in [2.45, 2.75) is 18.2 Å². The van der Waals surface area contributed by atoms with Crippen LogP contribution in [0.5, 0.6) is 0 Å². The van der Waals surface area contributed by atoms with Gasteiger partial charge in [0.2, 0.25) is 0 Å². The molecule has 1 saturated heterocycles. The van der Waals surface area contributed by atoms with E-state index >= 15 is 0 Å². The van der Waals surface area contributed by atoms with E-state index in [0.717, 1.165) is 0 Å². The lowest BCUT2D eigenvalue weighted by atomic mass is 9.86. The van der Waals surface area contributed by atoms with E-state index in [1.807, 2.05) is 4.90 Å². The molecular weight excluding hydrogens is 341 g/mol. The second-order valence-electron chi connectivity index (χ2n) is 6.50. The van der Waals surface area contributed by atoms with Crippen molar-refractivity contribution in [1.29, 1.82) is 0 Å². The van der Waals surface area contributed by atoms with Gasteiger partial charge >= 0.3 is 0 Å². The summed E-state index contributed by atoms with van der Waals surface area (Å²) in [7, 11) is 0. The number of fused-ring (bicyclic) bond motifs is 1. The largest absolute Gasteiger partial charge is 0.394 e. The van der Waals surface area contributed by atoms with Crippen LogP contribution in [0.2, 0.25) is 0 Å². The number of benzene rings is 1. The van der Waals surface area contributed by atoms with Crippen LogP contribution in [0.1, 0.15) is 5.56 Å². The molecule has 9 heteroatoms. The number of halogens is 1. The maximum absolute atomic E-state index is 13.1. The number of aliphatic hydroxyl groups excluding tert-OH is 2. The highest BCUT2D eigenvalue weighted by atomic mass is 19.1. The van der Waals surface area contributed by atoms with Gasteiger partial charge in [0.25, 0.3) is 0 Å². The molecule has 0 bridgehead atoms. The van der Waals surface area contributed by atoms with E-state index in [-0.39, 0.29) is 19.0 Å². The van der Waals surface area contributed by atoms with Crippen molar-refractivity contribution in [3.05, 3.63) is 48.3 Å². The Labute approximate surface area is 148 Å². The Balaban J connectivity index is 1.58. The minimum absolute atomic E-state index is 0.170. The third-order valence-corrected chi connectivity index (χ3v) is 4.59. The zero-order valence-corrected chi connectivity index (χ0v) is 13.8. The fraction of sp³-hybridized carbons (Fsp3) is 0.353. The van der Waals surface area contributed by atoms with E-state index in [2.05, 4.69) is 15.0 Å². The van der Waals surface area contributed by atoms with Crippen LogP contribution in [0, 0.1) is 5.82 Å². The second-order valence-corrected chi connectivity index (χ2v) is 6.50. The van der Waals surface area contributed by atoms with Crippen molar-refractivity contribution in [3.63, 3.8) is 0 Å². The van der Waals surface area contributed by atoms with E-state index < -0.39 is 11.7 Å². The lowest BCUT2D eigenvalue weighted by molar-refractivity contribution is 0.00716. The van der Waals surface area contributed by atoms with Gasteiger partial charge in [0, 0.05) is 0 Å². The Morgan fingerprint density at radius 2 is 1.88 bits per heavy atom. The van der Waals surface area contributed by atoms with E-state index in [1.54, 1.807) is 16.7 Å². The van der Waals surface area contributed by atoms with Crippen molar-refractivity contribution in [2.24, 2.45) is 0 Å². The van der Waals surface area contributed by atoms with Gasteiger partial charge in [0.1, 0.15) is 17.7 Å². The number of aromatic nitrogens is 4. The van der Waals surface area contributed by atoms with Crippen molar-refractivity contribution in [1.82, 2.24) is 19.5 Å². The number of anilines is 1. The highest BCUT2D eigenvalue weighted by Gasteiger charge is 2.44. The maximum Gasteiger partial charge on any atom is 0.165 e. The summed E-state index contributed by atoms with van der Waals surface area (Å²) in [6.07, 6.45) is 2.03. The van der Waals surface area contributed by atoms with Gasteiger partial charge in [-0.2, -0.15) is 0 Å². The smallest absolute Gasteiger partial charge is 0.165 e. The molecule has 0 amide bonds. The normalized spacial score (nSPS) is 17.3. The molecule has 2 aromatic heterocycles. The number of hydrogen-bond donors (Lipinski definition) is 3. The van der Waals surface area contributed by atoms with E-state index in [9.17, 15) is 14.6 Å². The number of hydrogen-bond acceptors (Lipinski definition) is 7. The molecule has 3 N–H and O–H groups in total. The number of aliphatic hydroxyl groups is 3. The molecule has 8 nitrogen and oxygen atoms in total. The molecule has 0 radical (unpaired) electrons. The summed E-state index contributed by atoms with van der Waals surface area (Å²) in [5, 5.41) is 29.4. The van der Waals surface area contributed by atoms with Gasteiger partial charge < -0.3 is 24.8 Å². The fourth-order valence-electron chi connectivity index (χ4n) is 3.20. The van der Waals surface area contributed by atoms with Crippen molar-refractivity contribution < 1.29 is 19.7 Å². The fourth-order valence-corrected chi connectivity index (χ4v) is 3.20. The molecule has 0 saturated carbocycles. The third-order valence-electron chi connectivity index (χ3n) is 4.59. The zero-order chi connectivity index (χ0) is 18.3. The Bertz CT molecular complexity index is 924. The monoisotopic (exact) mass is 359 g/mol. The van der Waals surface area contributed by atoms with Gasteiger partial charge in [-0.05, 0) is 17.7 Å². The second kappa shape index (κ2) is 6.27. The zero-order valence-electron chi connectivity index (χ0n) is 13.8. The first-order chi connectivity index (χ1) is 12.5. The Hall–Kier alpha value is -2.62. The van der Waals surface area contributed by atoms with Crippen LogP contribution in [0.4, 0.5) is 10.2 Å². The first-order valence-electron chi connectivity index (χ1n) is 8.18. The molecule has 0 spiro atoms. The van der Waals surface area contributed by atoms with E-state index in [0.29, 0.717) is 35.6 Å². The summed E-state index contributed by atoms with van der Waals surface area (Å²) in [5.41, 5.74) is 0.677. The van der Waals surface area contributed by atoms with Crippen LogP contribution in [-0.4, -0.2) is 60.6 Å². The summed E-state index contributed by atoms with van der Waals surface area (Å²) in [6, 6.07) is 5.81. The maximum atomic E-state index is 13.1. The Morgan fingerprint density at radius 1 is 1.15 bits per heavy atom. The number of nitrogens with zero attached hydrogens (tertiary/aromatic N) is 5. The number of β-amino-alcohol motifs (C(OH)–C–C–N with tert-alkyl or cyclic N) is 1. The lowest BCUT2D eigenvalue weighted by Crippen LogP contribution is -2.60. The molecule has 0 unspecified atom stereocenters. The molecule has 0 aliphatic carbocycles. The molecule has 1 aliphatic rings. The molecule has 4 rings (SSSR count). The van der Waals surface area contributed by atoms with Crippen LogP contribution in [0.15, 0.2) is 36.9 Å². The summed E-state index contributed by atoms with van der Waals surface area (Å²) in [6.45, 7) is 0.422. The first-order valence-corrected chi connectivity index (χ1v) is 8.18. The minimum Gasteiger partial charge on any atom is -0.394 e. The summed E-state index contributed by atoms with van der Waals surface area (Å²) >= 11 is 0. The minimum atomic E-state index is -1.07. The molecule has 1 aliphatic heterocycles. The van der Waals surface area contributed by atoms with Gasteiger partial charge in [-0.1, -0.05) is 12.1 Å². The molecule has 3 heterocycles. The van der Waals surface area contributed by atoms with Crippen LogP contribution in [-0.2, 0) is 12.1 Å². The van der Waals surface area contributed by atoms with Gasteiger partial charge in [-0.3, -0.25) is 0 Å². The average molecular weight is 359 g/mol. The highest BCUT2D eigenvalue weighted by Crippen LogP contribution is 2.36. The Kier molecular flexibility index (Phi) is 4.06. The first kappa shape index (κ1) is 16.8. The summed E-state index contributed by atoms with van der Waals surface area (Å²) in [4.78, 5) is 14.7. The van der Waals surface area contributed by atoms with Gasteiger partial charge in [-0.15, -0.1) is 0 Å². The standard InChI is InChI=1S/C17H18FN5O3/c18-12-3-1-11(2-4-12)17(26)7-23(8-17)16-14-15(19-9-20-16)22(10-21-14)5-13(25)6-24/h1-4,9-10,13,24-26H,5-8H2/t13-/m1/s1. The van der Waals surface area contributed by atoms with Crippen molar-refractivity contribution >= 4 is 17.0 Å².